The molecule has 2 atom stereocenters. The van der Waals surface area contributed by atoms with Gasteiger partial charge >= 0.3 is 0 Å². The number of aryl methyl sites for hydroxylation is 1. The first kappa shape index (κ1) is 27.8. The van der Waals surface area contributed by atoms with Crippen LogP contribution in [-0.2, 0) is 20.1 Å². The molecule has 10 heteroatoms. The highest BCUT2D eigenvalue weighted by molar-refractivity contribution is 6.01. The van der Waals surface area contributed by atoms with Crippen LogP contribution >= 0.6 is 0 Å². The minimum atomic E-state index is -1.14. The molecule has 2 amide bonds. The van der Waals surface area contributed by atoms with Gasteiger partial charge in [0, 0.05) is 54.8 Å². The zero-order chi connectivity index (χ0) is 31.0. The van der Waals surface area contributed by atoms with E-state index in [0.717, 1.165) is 56.7 Å². The first-order chi connectivity index (χ1) is 21.8. The fourth-order valence-corrected chi connectivity index (χ4v) is 7.01. The minimum absolute atomic E-state index is 0.0273. The molecule has 3 aromatic carbocycles. The number of carbonyl (C=O) groups excluding carboxylic acids is 2. The Morgan fingerprint density at radius 2 is 1.89 bits per heavy atom. The molecule has 230 valence electrons. The molecule has 9 nitrogen and oxygen atoms in total. The molecular formula is C35H35FN6O3. The van der Waals surface area contributed by atoms with Crippen LogP contribution in [0.1, 0.15) is 45.5 Å². The Labute approximate surface area is 259 Å². The lowest BCUT2D eigenvalue weighted by Gasteiger charge is -2.33. The molecule has 3 aliphatic rings. The van der Waals surface area contributed by atoms with E-state index in [1.807, 2.05) is 23.7 Å². The van der Waals surface area contributed by atoms with E-state index in [-0.39, 0.29) is 30.8 Å². The third kappa shape index (κ3) is 4.75. The molecule has 45 heavy (non-hydrogen) atoms. The number of hydrogen-bond acceptors (Lipinski definition) is 5. The smallest absolute Gasteiger partial charge is 0.254 e. The Morgan fingerprint density at radius 1 is 1.09 bits per heavy atom. The Kier molecular flexibility index (Phi) is 6.46. The number of hydrogen-bond donors (Lipinski definition) is 2. The summed E-state index contributed by atoms with van der Waals surface area (Å²) < 4.78 is 24.4. The lowest BCUT2D eigenvalue weighted by Crippen LogP contribution is -2.50. The van der Waals surface area contributed by atoms with Gasteiger partial charge in [-0.3, -0.25) is 9.59 Å². The number of imidazole rings is 1. The second kappa shape index (κ2) is 10.4. The molecular weight excluding hydrogens is 571 g/mol. The number of halogens is 1. The van der Waals surface area contributed by atoms with Gasteiger partial charge in [0.25, 0.3) is 11.8 Å². The van der Waals surface area contributed by atoms with E-state index in [9.17, 15) is 14.0 Å². The number of aromatic nitrogens is 3. The molecule has 2 fully saturated rings. The number of rotatable bonds is 6. The van der Waals surface area contributed by atoms with Gasteiger partial charge in [0.05, 0.1) is 24.9 Å². The normalized spacial score (nSPS) is 19.7. The maximum atomic E-state index is 14.3. The third-order valence-corrected chi connectivity index (χ3v) is 9.52. The van der Waals surface area contributed by atoms with Crippen LogP contribution in [0.15, 0.2) is 54.6 Å². The first-order valence-corrected chi connectivity index (χ1v) is 15.6. The second-order valence-corrected chi connectivity index (χ2v) is 12.8. The van der Waals surface area contributed by atoms with E-state index in [1.165, 1.54) is 17.7 Å². The summed E-state index contributed by atoms with van der Waals surface area (Å²) in [5.41, 5.74) is 13.8. The van der Waals surface area contributed by atoms with Crippen molar-refractivity contribution in [2.24, 2.45) is 18.7 Å². The number of ether oxygens (including phenoxy) is 1. The molecule has 0 spiro atoms. The molecule has 2 aromatic heterocycles. The molecule has 0 radical (unpaired) electrons. The number of benzene rings is 3. The fourth-order valence-electron chi connectivity index (χ4n) is 7.01. The summed E-state index contributed by atoms with van der Waals surface area (Å²) >= 11 is 0. The topological polar surface area (TPSA) is 107 Å². The largest absolute Gasteiger partial charge is 0.494 e. The summed E-state index contributed by atoms with van der Waals surface area (Å²) in [6.07, 6.45) is 1.51. The van der Waals surface area contributed by atoms with E-state index >= 15 is 0 Å². The van der Waals surface area contributed by atoms with E-state index in [2.05, 4.69) is 40.2 Å². The summed E-state index contributed by atoms with van der Waals surface area (Å²) in [6.45, 7) is 1.79. The fraction of sp³-hybridized carbons (Fsp3) is 0.343. The van der Waals surface area contributed by atoms with E-state index in [0.29, 0.717) is 35.8 Å². The molecule has 1 aliphatic carbocycles. The van der Waals surface area contributed by atoms with Gasteiger partial charge < -0.3 is 29.8 Å². The molecule has 0 bridgehead atoms. The van der Waals surface area contributed by atoms with Crippen molar-refractivity contribution in [2.45, 2.75) is 44.6 Å². The summed E-state index contributed by atoms with van der Waals surface area (Å²) in [5.74, 6) is 1.60. The number of nitrogens with one attached hydrogen (secondary N) is 1. The van der Waals surface area contributed by atoms with Crippen molar-refractivity contribution in [3.05, 3.63) is 71.3 Å². The summed E-state index contributed by atoms with van der Waals surface area (Å²) in [5, 5.41) is 4.01. The van der Waals surface area contributed by atoms with Gasteiger partial charge in [-0.1, -0.05) is 24.3 Å². The first-order valence-electron chi connectivity index (χ1n) is 15.6. The van der Waals surface area contributed by atoms with Crippen LogP contribution in [-0.4, -0.2) is 63.2 Å². The predicted octanol–water partition coefficient (Wildman–Crippen LogP) is 5.04. The van der Waals surface area contributed by atoms with Crippen molar-refractivity contribution in [1.29, 1.82) is 0 Å². The number of likely N-dealkylation sites (tertiary alicyclic amines) is 1. The van der Waals surface area contributed by atoms with Crippen LogP contribution in [0.3, 0.4) is 0 Å². The molecule has 2 aliphatic heterocycles. The van der Waals surface area contributed by atoms with Gasteiger partial charge in [0.15, 0.2) is 5.82 Å². The highest BCUT2D eigenvalue weighted by Gasteiger charge is 2.30. The van der Waals surface area contributed by atoms with Gasteiger partial charge in [-0.15, -0.1) is 0 Å². The van der Waals surface area contributed by atoms with Crippen LogP contribution in [0, 0.1) is 5.92 Å². The number of amides is 2. The SMILES string of the molecule is COc1cc(C(=O)N2C[C@H](N)C[C@@H](F)C2)cc2nc(-c3cc4ccc(-c5ccc6c(c5)C(=O)NC6)cc4n3CC3CC3)n(C)c12. The molecule has 0 unspecified atom stereocenters. The number of piperidine rings is 1. The number of carbonyl (C=O) groups is 2. The van der Waals surface area contributed by atoms with Crippen molar-refractivity contribution in [1.82, 2.24) is 24.3 Å². The number of alkyl halides is 1. The molecule has 8 rings (SSSR count). The van der Waals surface area contributed by atoms with Crippen LogP contribution in [0.5, 0.6) is 5.75 Å². The van der Waals surface area contributed by atoms with E-state index in [4.69, 9.17) is 15.5 Å². The van der Waals surface area contributed by atoms with Crippen molar-refractivity contribution >= 4 is 33.8 Å². The second-order valence-electron chi connectivity index (χ2n) is 12.8. The highest BCUT2D eigenvalue weighted by atomic mass is 19.1. The average Bonchev–Trinajstić information content (AvgIpc) is 3.56. The Balaban J connectivity index is 1.23. The molecule has 3 N–H and O–H groups in total. The zero-order valence-corrected chi connectivity index (χ0v) is 25.3. The van der Waals surface area contributed by atoms with Crippen molar-refractivity contribution < 1.29 is 18.7 Å². The molecule has 1 saturated carbocycles. The zero-order valence-electron chi connectivity index (χ0n) is 25.3. The quantitative estimate of drug-likeness (QED) is 0.282. The van der Waals surface area contributed by atoms with Gasteiger partial charge in [-0.05, 0) is 72.2 Å². The van der Waals surface area contributed by atoms with Crippen LogP contribution in [0.2, 0.25) is 0 Å². The summed E-state index contributed by atoms with van der Waals surface area (Å²) in [6, 6.07) is 17.8. The van der Waals surface area contributed by atoms with Crippen LogP contribution in [0.25, 0.3) is 44.6 Å². The number of methoxy groups -OCH3 is 1. The Morgan fingerprint density at radius 3 is 2.67 bits per heavy atom. The van der Waals surface area contributed by atoms with Gasteiger partial charge in [-0.2, -0.15) is 0 Å². The molecule has 1 saturated heterocycles. The van der Waals surface area contributed by atoms with Crippen molar-refractivity contribution in [3.63, 3.8) is 0 Å². The average molecular weight is 607 g/mol. The monoisotopic (exact) mass is 606 g/mol. The lowest BCUT2D eigenvalue weighted by molar-refractivity contribution is 0.0606. The van der Waals surface area contributed by atoms with Crippen molar-refractivity contribution in [3.8, 4) is 28.4 Å². The third-order valence-electron chi connectivity index (χ3n) is 9.52. The number of nitrogens with two attached hydrogens (primary N) is 1. The van der Waals surface area contributed by atoms with E-state index < -0.39 is 6.17 Å². The Hall–Kier alpha value is -4.70. The molecule has 4 heterocycles. The van der Waals surface area contributed by atoms with E-state index in [1.54, 1.807) is 19.2 Å². The maximum absolute atomic E-state index is 14.3. The summed E-state index contributed by atoms with van der Waals surface area (Å²) in [4.78, 5) is 32.4. The number of nitrogens with zero attached hydrogens (tertiary/aromatic N) is 4. The van der Waals surface area contributed by atoms with Gasteiger partial charge in [-0.25, -0.2) is 9.37 Å². The standard InChI is InChI=1S/C35H35FN6O3/c1-40-32-28(10-24(13-31(32)45-2)35(44)41-17-25(36)14-26(37)18-41)39-33(40)30-12-22-7-5-21(11-29(22)42(30)16-19-3-4-19)20-6-8-23-15-38-34(43)27(23)9-20/h5-13,19,25-26H,3-4,14-18,37H2,1-2H3,(H,38,43)/t25-,26-/m1/s1. The van der Waals surface area contributed by atoms with Gasteiger partial charge in [0.2, 0.25) is 0 Å². The van der Waals surface area contributed by atoms with Crippen LogP contribution < -0.4 is 15.8 Å². The number of fused-ring (bicyclic) bond motifs is 3. The Bertz CT molecular complexity index is 2020. The van der Waals surface area contributed by atoms with Gasteiger partial charge in [0.1, 0.15) is 17.4 Å². The predicted molar refractivity (Wildman–Crippen MR) is 171 cm³/mol. The summed E-state index contributed by atoms with van der Waals surface area (Å²) in [7, 11) is 3.55. The lowest BCUT2D eigenvalue weighted by atomic mass is 9.99. The van der Waals surface area contributed by atoms with Crippen LogP contribution in [0.4, 0.5) is 4.39 Å². The molecule has 5 aromatic rings. The maximum Gasteiger partial charge on any atom is 0.254 e. The minimum Gasteiger partial charge on any atom is -0.494 e. The van der Waals surface area contributed by atoms with Crippen molar-refractivity contribution in [2.75, 3.05) is 20.2 Å². The highest BCUT2D eigenvalue weighted by Crippen LogP contribution is 2.39.